The number of amides is 1. The minimum Gasteiger partial charge on any atom is -0.352 e. The fourth-order valence-electron chi connectivity index (χ4n) is 0.822. The Balaban J connectivity index is 0.000000385. The molecule has 2 heteroatoms. The van der Waals surface area contributed by atoms with Crippen molar-refractivity contribution in [3.8, 4) is 0 Å². The summed E-state index contributed by atoms with van der Waals surface area (Å²) in [4.78, 5) is 10.5. The van der Waals surface area contributed by atoms with Gasteiger partial charge < -0.3 is 5.32 Å². The van der Waals surface area contributed by atoms with Crippen LogP contribution in [0.2, 0.25) is 0 Å². The molecule has 0 aliphatic carbocycles. The SMILES string of the molecule is CC(=O)NCc1ccccc1.CC(C)(C)C. The molecule has 16 heavy (non-hydrogen) atoms. The Morgan fingerprint density at radius 1 is 1.12 bits per heavy atom. The molecule has 2 nitrogen and oxygen atoms in total. The number of hydrogen-bond donors (Lipinski definition) is 1. The Morgan fingerprint density at radius 2 is 1.56 bits per heavy atom. The predicted octanol–water partition coefficient (Wildman–Crippen LogP) is 3.38. The van der Waals surface area contributed by atoms with Crippen molar-refractivity contribution in [1.29, 1.82) is 0 Å². The Kier molecular flexibility index (Phi) is 6.47. The van der Waals surface area contributed by atoms with E-state index >= 15 is 0 Å². The Bertz CT molecular complexity index is 292. The fraction of sp³-hybridized carbons (Fsp3) is 0.500. The lowest BCUT2D eigenvalue weighted by Gasteiger charge is -2.05. The van der Waals surface area contributed by atoms with Crippen molar-refractivity contribution in [1.82, 2.24) is 5.32 Å². The first-order valence-electron chi connectivity index (χ1n) is 5.57. The average Bonchev–Trinajstić information content (AvgIpc) is 2.14. The maximum absolute atomic E-state index is 10.5. The van der Waals surface area contributed by atoms with Crippen LogP contribution in [0.25, 0.3) is 0 Å². The third-order valence-corrected chi connectivity index (χ3v) is 1.38. The zero-order valence-corrected chi connectivity index (χ0v) is 11.0. The van der Waals surface area contributed by atoms with Crippen molar-refractivity contribution in [3.05, 3.63) is 35.9 Å². The highest BCUT2D eigenvalue weighted by molar-refractivity contribution is 5.72. The van der Waals surface area contributed by atoms with E-state index in [0.29, 0.717) is 12.0 Å². The van der Waals surface area contributed by atoms with E-state index in [1.807, 2.05) is 30.3 Å². The van der Waals surface area contributed by atoms with Crippen LogP contribution in [0, 0.1) is 5.41 Å². The zero-order valence-electron chi connectivity index (χ0n) is 11.0. The molecule has 0 aliphatic rings. The standard InChI is InChI=1S/C9H11NO.C5H12/c1-8(11)10-7-9-5-3-2-4-6-9;1-5(2,3)4/h2-6H,7H2,1H3,(H,10,11);1-4H3. The summed E-state index contributed by atoms with van der Waals surface area (Å²) >= 11 is 0. The van der Waals surface area contributed by atoms with Gasteiger partial charge in [-0.2, -0.15) is 0 Å². The van der Waals surface area contributed by atoms with Gasteiger partial charge in [-0.3, -0.25) is 4.79 Å². The van der Waals surface area contributed by atoms with Crippen molar-refractivity contribution in [2.45, 2.75) is 41.2 Å². The largest absolute Gasteiger partial charge is 0.352 e. The minimum absolute atomic E-state index is 0.00820. The number of benzene rings is 1. The van der Waals surface area contributed by atoms with Crippen LogP contribution >= 0.6 is 0 Å². The molecule has 1 amide bonds. The molecular weight excluding hydrogens is 198 g/mol. The molecule has 1 N–H and O–H groups in total. The summed E-state index contributed by atoms with van der Waals surface area (Å²) in [5, 5.41) is 2.72. The van der Waals surface area contributed by atoms with Gasteiger partial charge in [0.1, 0.15) is 0 Å². The molecule has 90 valence electrons. The van der Waals surface area contributed by atoms with E-state index in [1.54, 1.807) is 0 Å². The van der Waals surface area contributed by atoms with Crippen LogP contribution in [0.5, 0.6) is 0 Å². The van der Waals surface area contributed by atoms with E-state index in [1.165, 1.54) is 6.92 Å². The van der Waals surface area contributed by atoms with Gasteiger partial charge in [-0.25, -0.2) is 0 Å². The van der Waals surface area contributed by atoms with Gasteiger partial charge in [-0.1, -0.05) is 58.0 Å². The van der Waals surface area contributed by atoms with Crippen LogP contribution in [0.15, 0.2) is 30.3 Å². The molecule has 0 atom stereocenters. The number of carbonyl (C=O) groups excluding carboxylic acids is 1. The molecular formula is C14H23NO. The highest BCUT2D eigenvalue weighted by Gasteiger charge is 1.95. The van der Waals surface area contributed by atoms with Crippen molar-refractivity contribution < 1.29 is 4.79 Å². The van der Waals surface area contributed by atoms with Crippen LogP contribution in [0.1, 0.15) is 40.2 Å². The van der Waals surface area contributed by atoms with Crippen molar-refractivity contribution in [3.63, 3.8) is 0 Å². The van der Waals surface area contributed by atoms with Gasteiger partial charge in [-0.05, 0) is 11.0 Å². The second-order valence-electron chi connectivity index (χ2n) is 5.40. The highest BCUT2D eigenvalue weighted by Crippen LogP contribution is 2.08. The summed E-state index contributed by atoms with van der Waals surface area (Å²) in [7, 11) is 0. The third kappa shape index (κ3) is 12.7. The summed E-state index contributed by atoms with van der Waals surface area (Å²) in [6.07, 6.45) is 0. The van der Waals surface area contributed by atoms with Gasteiger partial charge in [0.2, 0.25) is 5.91 Å². The lowest BCUT2D eigenvalue weighted by atomic mass is 10.0. The van der Waals surface area contributed by atoms with Gasteiger partial charge in [0, 0.05) is 13.5 Å². The summed E-state index contributed by atoms with van der Waals surface area (Å²) in [6, 6.07) is 9.83. The third-order valence-electron chi connectivity index (χ3n) is 1.38. The quantitative estimate of drug-likeness (QED) is 0.815. The molecule has 0 spiro atoms. The molecule has 0 aliphatic heterocycles. The smallest absolute Gasteiger partial charge is 0.217 e. The lowest BCUT2D eigenvalue weighted by molar-refractivity contribution is -0.119. The Morgan fingerprint density at radius 3 is 1.94 bits per heavy atom. The molecule has 0 unspecified atom stereocenters. The van der Waals surface area contributed by atoms with E-state index in [4.69, 9.17) is 0 Å². The topological polar surface area (TPSA) is 29.1 Å². The lowest BCUT2D eigenvalue weighted by Crippen LogP contribution is -2.18. The molecule has 0 saturated carbocycles. The van der Waals surface area contributed by atoms with Gasteiger partial charge in [0.05, 0.1) is 0 Å². The van der Waals surface area contributed by atoms with E-state index in [2.05, 4.69) is 33.0 Å². The average molecular weight is 221 g/mol. The maximum atomic E-state index is 10.5. The number of carbonyl (C=O) groups is 1. The van der Waals surface area contributed by atoms with Gasteiger partial charge in [-0.15, -0.1) is 0 Å². The first-order chi connectivity index (χ1) is 7.29. The second kappa shape index (κ2) is 7.04. The number of rotatable bonds is 2. The summed E-state index contributed by atoms with van der Waals surface area (Å²) in [5.41, 5.74) is 1.63. The zero-order chi connectivity index (χ0) is 12.6. The fourth-order valence-corrected chi connectivity index (χ4v) is 0.822. The van der Waals surface area contributed by atoms with E-state index < -0.39 is 0 Å². The highest BCUT2D eigenvalue weighted by atomic mass is 16.1. The summed E-state index contributed by atoms with van der Waals surface area (Å²) < 4.78 is 0. The van der Waals surface area contributed by atoms with Crippen LogP contribution in [-0.2, 0) is 11.3 Å². The number of nitrogens with one attached hydrogen (secondary N) is 1. The molecule has 0 aromatic heterocycles. The molecule has 0 heterocycles. The molecule has 0 saturated heterocycles. The van der Waals surface area contributed by atoms with E-state index in [9.17, 15) is 4.79 Å². The number of hydrogen-bond acceptors (Lipinski definition) is 1. The van der Waals surface area contributed by atoms with Crippen LogP contribution in [0.3, 0.4) is 0 Å². The predicted molar refractivity (Wildman–Crippen MR) is 69.1 cm³/mol. The first kappa shape index (κ1) is 14.7. The Labute approximate surface area is 99.1 Å². The van der Waals surface area contributed by atoms with Crippen LogP contribution in [-0.4, -0.2) is 5.91 Å². The maximum Gasteiger partial charge on any atom is 0.217 e. The molecule has 0 bridgehead atoms. The first-order valence-corrected chi connectivity index (χ1v) is 5.57. The molecule has 1 aromatic carbocycles. The van der Waals surface area contributed by atoms with Crippen LogP contribution < -0.4 is 5.32 Å². The second-order valence-corrected chi connectivity index (χ2v) is 5.40. The Hall–Kier alpha value is -1.31. The van der Waals surface area contributed by atoms with Crippen molar-refractivity contribution in [2.24, 2.45) is 5.41 Å². The van der Waals surface area contributed by atoms with Gasteiger partial charge in [0.25, 0.3) is 0 Å². The summed E-state index contributed by atoms with van der Waals surface area (Å²) in [6.45, 7) is 10.9. The molecule has 0 fully saturated rings. The molecule has 1 rings (SSSR count). The van der Waals surface area contributed by atoms with Gasteiger partial charge >= 0.3 is 0 Å². The molecule has 1 aromatic rings. The minimum atomic E-state index is 0.00820. The van der Waals surface area contributed by atoms with E-state index in [0.717, 1.165) is 5.56 Å². The normalized spacial score (nSPS) is 10.1. The van der Waals surface area contributed by atoms with Crippen LogP contribution in [0.4, 0.5) is 0 Å². The van der Waals surface area contributed by atoms with Crippen molar-refractivity contribution >= 4 is 5.91 Å². The van der Waals surface area contributed by atoms with Crippen molar-refractivity contribution in [2.75, 3.05) is 0 Å². The summed E-state index contributed by atoms with van der Waals surface area (Å²) in [5.74, 6) is 0.00820. The van der Waals surface area contributed by atoms with Gasteiger partial charge in [0.15, 0.2) is 0 Å². The monoisotopic (exact) mass is 221 g/mol. The van der Waals surface area contributed by atoms with E-state index in [-0.39, 0.29) is 5.91 Å². The molecule has 0 radical (unpaired) electrons.